The number of anilines is 1. The van der Waals surface area contributed by atoms with Gasteiger partial charge in [-0.05, 0) is 45.4 Å². The van der Waals surface area contributed by atoms with Crippen molar-refractivity contribution in [2.24, 2.45) is 0 Å². The summed E-state index contributed by atoms with van der Waals surface area (Å²) < 4.78 is 7.60. The number of carbonyl (C=O) groups is 2. The van der Waals surface area contributed by atoms with E-state index in [4.69, 9.17) is 4.74 Å². The van der Waals surface area contributed by atoms with Gasteiger partial charge in [-0.15, -0.1) is 0 Å². The van der Waals surface area contributed by atoms with Crippen molar-refractivity contribution < 1.29 is 14.3 Å². The van der Waals surface area contributed by atoms with E-state index in [1.807, 2.05) is 37.6 Å². The number of amides is 2. The van der Waals surface area contributed by atoms with Gasteiger partial charge >= 0.3 is 0 Å². The van der Waals surface area contributed by atoms with Gasteiger partial charge in [-0.25, -0.2) is 0 Å². The molecule has 0 spiro atoms. The van der Waals surface area contributed by atoms with E-state index in [0.717, 1.165) is 23.4 Å². The number of fused-ring (bicyclic) bond motifs is 1. The SMILES string of the molecule is CCn1ncc(CNC(=O)C2(C)Oc3ccc(C)cc3NC2=O)c1C. The Morgan fingerprint density at radius 3 is 2.84 bits per heavy atom. The molecule has 2 heterocycles. The van der Waals surface area contributed by atoms with Crippen molar-refractivity contribution in [3.8, 4) is 5.75 Å². The number of rotatable bonds is 4. The number of carbonyl (C=O) groups excluding carboxylic acids is 2. The van der Waals surface area contributed by atoms with E-state index < -0.39 is 17.4 Å². The van der Waals surface area contributed by atoms with Gasteiger partial charge in [-0.1, -0.05) is 6.07 Å². The Hall–Kier alpha value is -2.83. The molecule has 0 bridgehead atoms. The van der Waals surface area contributed by atoms with Crippen LogP contribution in [0.2, 0.25) is 0 Å². The van der Waals surface area contributed by atoms with Gasteiger partial charge in [0.25, 0.3) is 17.4 Å². The summed E-state index contributed by atoms with van der Waals surface area (Å²) in [6.45, 7) is 8.40. The molecule has 132 valence electrons. The zero-order valence-corrected chi connectivity index (χ0v) is 14.8. The number of ether oxygens (including phenoxy) is 1. The molecule has 25 heavy (non-hydrogen) atoms. The highest BCUT2D eigenvalue weighted by atomic mass is 16.5. The maximum absolute atomic E-state index is 12.6. The van der Waals surface area contributed by atoms with E-state index in [2.05, 4.69) is 15.7 Å². The van der Waals surface area contributed by atoms with E-state index >= 15 is 0 Å². The largest absolute Gasteiger partial charge is 0.466 e. The molecule has 1 unspecified atom stereocenters. The van der Waals surface area contributed by atoms with Crippen LogP contribution in [0.15, 0.2) is 24.4 Å². The van der Waals surface area contributed by atoms with Crippen LogP contribution in [0.5, 0.6) is 5.75 Å². The minimum absolute atomic E-state index is 0.289. The van der Waals surface area contributed by atoms with Crippen LogP contribution in [-0.4, -0.2) is 27.2 Å². The molecule has 1 atom stereocenters. The van der Waals surface area contributed by atoms with Crippen molar-refractivity contribution in [2.75, 3.05) is 5.32 Å². The molecule has 0 aliphatic carbocycles. The monoisotopic (exact) mass is 342 g/mol. The summed E-state index contributed by atoms with van der Waals surface area (Å²) in [7, 11) is 0. The smallest absolute Gasteiger partial charge is 0.278 e. The van der Waals surface area contributed by atoms with Crippen molar-refractivity contribution in [3.63, 3.8) is 0 Å². The number of benzene rings is 1. The number of nitrogens with one attached hydrogen (secondary N) is 2. The Balaban J connectivity index is 1.75. The quantitative estimate of drug-likeness (QED) is 0.832. The molecular formula is C18H22N4O3. The Morgan fingerprint density at radius 2 is 2.16 bits per heavy atom. The number of aromatic nitrogens is 2. The molecule has 0 radical (unpaired) electrons. The van der Waals surface area contributed by atoms with Gasteiger partial charge in [-0.2, -0.15) is 5.10 Å². The lowest BCUT2D eigenvalue weighted by Crippen LogP contribution is -2.58. The normalized spacial score (nSPS) is 19.0. The molecule has 2 N–H and O–H groups in total. The molecule has 7 nitrogen and oxygen atoms in total. The molecule has 0 saturated heterocycles. The topological polar surface area (TPSA) is 85.2 Å². The van der Waals surface area contributed by atoms with Crippen LogP contribution in [-0.2, 0) is 22.7 Å². The second-order valence-electron chi connectivity index (χ2n) is 6.34. The second kappa shape index (κ2) is 6.23. The summed E-state index contributed by atoms with van der Waals surface area (Å²) in [6, 6.07) is 5.44. The first-order valence-corrected chi connectivity index (χ1v) is 8.26. The van der Waals surface area contributed by atoms with Crippen LogP contribution < -0.4 is 15.4 Å². The lowest BCUT2D eigenvalue weighted by molar-refractivity contribution is -0.146. The zero-order valence-electron chi connectivity index (χ0n) is 14.8. The minimum atomic E-state index is -1.61. The molecule has 0 fully saturated rings. The minimum Gasteiger partial charge on any atom is -0.466 e. The Kier molecular flexibility index (Phi) is 4.24. The highest BCUT2D eigenvalue weighted by molar-refractivity contribution is 6.15. The first-order chi connectivity index (χ1) is 11.8. The standard InChI is InChI=1S/C18H22N4O3/c1-5-22-12(3)13(10-20-22)9-19-16(23)18(4)17(24)21-14-8-11(2)6-7-15(14)25-18/h6-8,10H,5,9H2,1-4H3,(H,19,23)(H,21,24). The third-order valence-corrected chi connectivity index (χ3v) is 4.51. The second-order valence-corrected chi connectivity index (χ2v) is 6.34. The van der Waals surface area contributed by atoms with Crippen LogP contribution in [0.3, 0.4) is 0 Å². The fourth-order valence-electron chi connectivity index (χ4n) is 2.81. The number of aryl methyl sites for hydroxylation is 2. The van der Waals surface area contributed by atoms with E-state index in [-0.39, 0.29) is 6.54 Å². The number of hydrogen-bond acceptors (Lipinski definition) is 4. The molecule has 1 aromatic heterocycles. The summed E-state index contributed by atoms with van der Waals surface area (Å²) in [5, 5.41) is 9.79. The van der Waals surface area contributed by atoms with Gasteiger partial charge in [0.15, 0.2) is 0 Å². The van der Waals surface area contributed by atoms with Crippen molar-refractivity contribution >= 4 is 17.5 Å². The third-order valence-electron chi connectivity index (χ3n) is 4.51. The van der Waals surface area contributed by atoms with Gasteiger partial charge in [0.2, 0.25) is 0 Å². The summed E-state index contributed by atoms with van der Waals surface area (Å²) in [6.07, 6.45) is 1.72. The molecule has 1 aliphatic rings. The van der Waals surface area contributed by atoms with E-state index in [0.29, 0.717) is 11.4 Å². The fourth-order valence-corrected chi connectivity index (χ4v) is 2.81. The van der Waals surface area contributed by atoms with Gasteiger partial charge < -0.3 is 15.4 Å². The van der Waals surface area contributed by atoms with E-state index in [1.165, 1.54) is 6.92 Å². The summed E-state index contributed by atoms with van der Waals surface area (Å²) in [5.41, 5.74) is 1.86. The van der Waals surface area contributed by atoms with Crippen LogP contribution in [0.4, 0.5) is 5.69 Å². The highest BCUT2D eigenvalue weighted by Crippen LogP contribution is 2.34. The molecule has 2 aromatic rings. The predicted octanol–water partition coefficient (Wildman–Crippen LogP) is 1.93. The van der Waals surface area contributed by atoms with Gasteiger partial charge in [0, 0.05) is 24.3 Å². The number of hydrogen-bond donors (Lipinski definition) is 2. The van der Waals surface area contributed by atoms with Crippen molar-refractivity contribution in [3.05, 3.63) is 41.2 Å². The van der Waals surface area contributed by atoms with Crippen molar-refractivity contribution in [1.82, 2.24) is 15.1 Å². The van der Waals surface area contributed by atoms with Crippen LogP contribution in [0.1, 0.15) is 30.7 Å². The first-order valence-electron chi connectivity index (χ1n) is 8.26. The Bertz CT molecular complexity index is 843. The van der Waals surface area contributed by atoms with Gasteiger partial charge in [-0.3, -0.25) is 14.3 Å². The number of nitrogens with zero attached hydrogens (tertiary/aromatic N) is 2. The predicted molar refractivity (Wildman–Crippen MR) is 93.3 cm³/mol. The molecule has 1 aromatic carbocycles. The van der Waals surface area contributed by atoms with Gasteiger partial charge in [0.1, 0.15) is 5.75 Å². The average molecular weight is 342 g/mol. The fraction of sp³-hybridized carbons (Fsp3) is 0.389. The highest BCUT2D eigenvalue weighted by Gasteiger charge is 2.47. The summed E-state index contributed by atoms with van der Waals surface area (Å²) >= 11 is 0. The van der Waals surface area contributed by atoms with E-state index in [9.17, 15) is 9.59 Å². The molecular weight excluding hydrogens is 320 g/mol. The first kappa shape index (κ1) is 17.0. The maximum atomic E-state index is 12.6. The third kappa shape index (κ3) is 2.97. The molecule has 1 aliphatic heterocycles. The van der Waals surface area contributed by atoms with Crippen LogP contribution >= 0.6 is 0 Å². The van der Waals surface area contributed by atoms with E-state index in [1.54, 1.807) is 12.3 Å². The lowest BCUT2D eigenvalue weighted by Gasteiger charge is -2.33. The Morgan fingerprint density at radius 1 is 1.40 bits per heavy atom. The maximum Gasteiger partial charge on any atom is 0.278 e. The van der Waals surface area contributed by atoms with Crippen molar-refractivity contribution in [2.45, 2.75) is 46.4 Å². The Labute approximate surface area is 146 Å². The molecule has 0 saturated carbocycles. The lowest BCUT2D eigenvalue weighted by atomic mass is 10.0. The average Bonchev–Trinajstić information content (AvgIpc) is 2.94. The van der Waals surface area contributed by atoms with Crippen LogP contribution in [0.25, 0.3) is 0 Å². The molecule has 2 amide bonds. The summed E-state index contributed by atoms with van der Waals surface area (Å²) in [4.78, 5) is 25.1. The van der Waals surface area contributed by atoms with Crippen LogP contribution in [0, 0.1) is 13.8 Å². The van der Waals surface area contributed by atoms with Crippen molar-refractivity contribution in [1.29, 1.82) is 0 Å². The molecule has 3 rings (SSSR count). The summed E-state index contributed by atoms with van der Waals surface area (Å²) in [5.74, 6) is -0.484. The zero-order chi connectivity index (χ0) is 18.2. The molecule has 7 heteroatoms. The van der Waals surface area contributed by atoms with Gasteiger partial charge in [0.05, 0.1) is 11.9 Å².